The molecule has 0 saturated carbocycles. The van der Waals surface area contributed by atoms with Crippen molar-refractivity contribution in [2.45, 2.75) is 6.92 Å². The Morgan fingerprint density at radius 1 is 0.976 bits per heavy atom. The van der Waals surface area contributed by atoms with Crippen molar-refractivity contribution in [1.82, 2.24) is 9.97 Å². The van der Waals surface area contributed by atoms with Crippen LogP contribution in [0.5, 0.6) is 5.75 Å². The van der Waals surface area contributed by atoms with E-state index >= 15 is 0 Å². The van der Waals surface area contributed by atoms with Crippen LogP contribution >= 0.6 is 0 Å². The Bertz CT molecular complexity index is 1800. The number of fused-ring (bicyclic) bond motifs is 2. The molecular formula is C32H29N7O2. The molecule has 0 aliphatic carbocycles. The largest absolute Gasteiger partial charge is 0.505 e. The monoisotopic (exact) mass is 543 g/mol. The molecule has 5 rings (SSSR count). The fourth-order valence-corrected chi connectivity index (χ4v) is 4.16. The van der Waals surface area contributed by atoms with Gasteiger partial charge in [0.2, 0.25) is 5.95 Å². The number of hydrogen-bond donors (Lipinski definition) is 4. The smallest absolute Gasteiger partial charge is 0.259 e. The minimum absolute atomic E-state index is 0.157. The molecule has 5 aromatic rings. The van der Waals surface area contributed by atoms with Crippen molar-refractivity contribution in [3.05, 3.63) is 120 Å². The first kappa shape index (κ1) is 28.1. The van der Waals surface area contributed by atoms with E-state index in [-0.39, 0.29) is 17.0 Å². The molecule has 204 valence electrons. The lowest BCUT2D eigenvalue weighted by Crippen LogP contribution is -2.26. The van der Waals surface area contributed by atoms with Gasteiger partial charge in [-0.3, -0.25) is 9.69 Å². The van der Waals surface area contributed by atoms with Crippen molar-refractivity contribution < 1.29 is 9.90 Å². The summed E-state index contributed by atoms with van der Waals surface area (Å²) in [4.78, 5) is 22.4. The van der Waals surface area contributed by atoms with E-state index in [1.807, 2.05) is 79.7 Å². The van der Waals surface area contributed by atoms with Gasteiger partial charge in [0.1, 0.15) is 11.9 Å². The summed E-state index contributed by atoms with van der Waals surface area (Å²) in [5.74, 6) is 0.187. The van der Waals surface area contributed by atoms with Crippen LogP contribution in [0.25, 0.3) is 21.5 Å². The molecule has 0 fully saturated rings. The molecule has 1 amide bonds. The van der Waals surface area contributed by atoms with Crippen LogP contribution in [0.1, 0.15) is 17.3 Å². The van der Waals surface area contributed by atoms with E-state index in [1.165, 1.54) is 0 Å². The van der Waals surface area contributed by atoms with Crippen molar-refractivity contribution in [3.8, 4) is 11.8 Å². The SMILES string of the molecule is C/C=C/C(C#N)=C(/N)N(C)c1ncccn1.Nc1c(O)c(C(=O)Nc2cccc3ccccc23)cc2ccccc12. The quantitative estimate of drug-likeness (QED) is 0.0950. The standard InChI is InChI=1S/C21H16N2O2.C11H13N5/c22-19-16-10-4-2-7-14(16)12-17(20(19)24)21(25)23-18-11-5-8-13-6-1-3-9-15(13)18;1-3-5-9(8-12)10(13)16(2)11-14-6-4-7-15-11/h1-12,24H,22H2,(H,23,25);3-7H,13H2,1-2H3/b;5-3+,10-9+. The van der Waals surface area contributed by atoms with Crippen molar-refractivity contribution in [2.24, 2.45) is 5.73 Å². The number of hydrogen-bond acceptors (Lipinski definition) is 8. The van der Waals surface area contributed by atoms with Crippen LogP contribution in [0.2, 0.25) is 0 Å². The molecule has 1 heterocycles. The third-order valence-corrected chi connectivity index (χ3v) is 6.29. The minimum Gasteiger partial charge on any atom is -0.505 e. The first-order valence-corrected chi connectivity index (χ1v) is 12.7. The Morgan fingerprint density at radius 2 is 1.61 bits per heavy atom. The summed E-state index contributed by atoms with van der Waals surface area (Å²) in [6, 6.07) is 26.3. The highest BCUT2D eigenvalue weighted by atomic mass is 16.3. The van der Waals surface area contributed by atoms with Gasteiger partial charge in [-0.1, -0.05) is 66.7 Å². The predicted molar refractivity (Wildman–Crippen MR) is 164 cm³/mol. The van der Waals surface area contributed by atoms with Gasteiger partial charge in [-0.15, -0.1) is 0 Å². The summed E-state index contributed by atoms with van der Waals surface area (Å²) in [7, 11) is 1.71. The molecule has 41 heavy (non-hydrogen) atoms. The number of carbonyl (C=O) groups is 1. The molecule has 0 spiro atoms. The molecule has 0 bridgehead atoms. The van der Waals surface area contributed by atoms with E-state index in [0.717, 1.165) is 21.5 Å². The number of nitrogens with zero attached hydrogens (tertiary/aromatic N) is 4. The number of nitriles is 1. The Balaban J connectivity index is 0.000000210. The summed E-state index contributed by atoms with van der Waals surface area (Å²) < 4.78 is 0. The molecule has 1 aromatic heterocycles. The summed E-state index contributed by atoms with van der Waals surface area (Å²) >= 11 is 0. The number of phenolic OH excluding ortho intramolecular Hbond substituents is 1. The van der Waals surface area contributed by atoms with Crippen molar-refractivity contribution in [2.75, 3.05) is 23.0 Å². The van der Waals surface area contributed by atoms with E-state index < -0.39 is 5.91 Å². The second-order valence-electron chi connectivity index (χ2n) is 8.91. The fraction of sp³-hybridized carbons (Fsp3) is 0.0625. The normalized spacial score (nSPS) is 11.3. The minimum atomic E-state index is -0.397. The number of nitrogens with one attached hydrogen (secondary N) is 1. The van der Waals surface area contributed by atoms with Gasteiger partial charge in [0.05, 0.1) is 16.8 Å². The molecule has 0 unspecified atom stereocenters. The second-order valence-corrected chi connectivity index (χ2v) is 8.91. The van der Waals surface area contributed by atoms with Gasteiger partial charge in [0.15, 0.2) is 5.75 Å². The molecule has 0 aliphatic heterocycles. The Morgan fingerprint density at radius 3 is 2.29 bits per heavy atom. The zero-order chi connectivity index (χ0) is 29.4. The van der Waals surface area contributed by atoms with Crippen LogP contribution in [0, 0.1) is 11.3 Å². The number of aromatic nitrogens is 2. The maximum absolute atomic E-state index is 12.7. The molecular weight excluding hydrogens is 514 g/mol. The summed E-state index contributed by atoms with van der Waals surface area (Å²) in [5.41, 5.74) is 13.3. The van der Waals surface area contributed by atoms with Gasteiger partial charge in [-0.25, -0.2) is 9.97 Å². The lowest BCUT2D eigenvalue weighted by Gasteiger charge is -2.17. The van der Waals surface area contributed by atoms with Gasteiger partial charge in [-0.05, 0) is 42.0 Å². The van der Waals surface area contributed by atoms with E-state index in [1.54, 1.807) is 48.6 Å². The van der Waals surface area contributed by atoms with Gasteiger partial charge in [0, 0.05) is 35.9 Å². The van der Waals surface area contributed by atoms with Gasteiger partial charge >= 0.3 is 0 Å². The number of phenols is 1. The van der Waals surface area contributed by atoms with E-state index in [9.17, 15) is 9.90 Å². The molecule has 6 N–H and O–H groups in total. The highest BCUT2D eigenvalue weighted by Crippen LogP contribution is 2.34. The van der Waals surface area contributed by atoms with Crippen molar-refractivity contribution in [1.29, 1.82) is 5.26 Å². The topological polar surface area (TPSA) is 154 Å². The maximum Gasteiger partial charge on any atom is 0.259 e. The maximum atomic E-state index is 12.7. The summed E-state index contributed by atoms with van der Waals surface area (Å²) in [6.07, 6.45) is 6.64. The number of rotatable bonds is 5. The van der Waals surface area contributed by atoms with Gasteiger partial charge in [0.25, 0.3) is 5.91 Å². The first-order valence-electron chi connectivity index (χ1n) is 12.7. The molecule has 0 atom stereocenters. The van der Waals surface area contributed by atoms with Crippen molar-refractivity contribution >= 4 is 44.8 Å². The number of carbonyl (C=O) groups excluding carboxylic acids is 1. The van der Waals surface area contributed by atoms with E-state index in [4.69, 9.17) is 16.7 Å². The molecule has 9 nitrogen and oxygen atoms in total. The average molecular weight is 544 g/mol. The first-order chi connectivity index (χ1) is 19.8. The zero-order valence-electron chi connectivity index (χ0n) is 22.6. The summed E-state index contributed by atoms with van der Waals surface area (Å²) in [6.45, 7) is 1.82. The fourth-order valence-electron chi connectivity index (χ4n) is 4.16. The van der Waals surface area contributed by atoms with Crippen LogP contribution in [0.4, 0.5) is 17.3 Å². The molecule has 0 radical (unpaired) electrons. The number of nitrogens with two attached hydrogens (primary N) is 2. The Hall–Kier alpha value is -5.88. The number of allylic oxidation sites excluding steroid dienone is 3. The highest BCUT2D eigenvalue weighted by molar-refractivity contribution is 6.14. The van der Waals surface area contributed by atoms with Crippen LogP contribution in [0.15, 0.2) is 115 Å². The number of amides is 1. The number of anilines is 3. The van der Waals surface area contributed by atoms with Crippen LogP contribution in [-0.4, -0.2) is 28.0 Å². The summed E-state index contributed by atoms with van der Waals surface area (Å²) in [5, 5.41) is 25.7. The van der Waals surface area contributed by atoms with Crippen LogP contribution in [-0.2, 0) is 0 Å². The number of nitrogen functional groups attached to an aromatic ring is 1. The Labute approximate surface area is 237 Å². The highest BCUT2D eigenvalue weighted by Gasteiger charge is 2.17. The van der Waals surface area contributed by atoms with Gasteiger partial charge in [-0.2, -0.15) is 5.26 Å². The predicted octanol–water partition coefficient (Wildman–Crippen LogP) is 5.72. The molecule has 4 aromatic carbocycles. The van der Waals surface area contributed by atoms with Crippen LogP contribution < -0.4 is 21.7 Å². The zero-order valence-corrected chi connectivity index (χ0v) is 22.6. The molecule has 9 heteroatoms. The third-order valence-electron chi connectivity index (χ3n) is 6.29. The lowest BCUT2D eigenvalue weighted by atomic mass is 10.0. The van der Waals surface area contributed by atoms with Crippen LogP contribution in [0.3, 0.4) is 0 Å². The second kappa shape index (κ2) is 12.8. The third kappa shape index (κ3) is 6.24. The van der Waals surface area contributed by atoms with Gasteiger partial charge < -0.3 is 21.9 Å². The average Bonchev–Trinajstić information content (AvgIpc) is 3.01. The molecule has 0 saturated heterocycles. The Kier molecular flexibility index (Phi) is 8.77. The lowest BCUT2D eigenvalue weighted by molar-refractivity contribution is 0.102. The van der Waals surface area contributed by atoms with E-state index in [0.29, 0.717) is 23.0 Å². The van der Waals surface area contributed by atoms with Crippen molar-refractivity contribution in [3.63, 3.8) is 0 Å². The van der Waals surface area contributed by atoms with E-state index in [2.05, 4.69) is 15.3 Å². The molecule has 0 aliphatic rings. The number of aromatic hydroxyl groups is 1. The number of benzene rings is 4.